The first kappa shape index (κ1) is 15.8. The molecule has 0 unspecified atom stereocenters. The lowest BCUT2D eigenvalue weighted by molar-refractivity contribution is -0.136. The van der Waals surface area contributed by atoms with Crippen LogP contribution in [0.4, 0.5) is 0 Å². The highest BCUT2D eigenvalue weighted by molar-refractivity contribution is 9.10. The number of nitrogens with zero attached hydrogens (tertiary/aromatic N) is 1. The predicted molar refractivity (Wildman–Crippen MR) is 75.3 cm³/mol. The fraction of sp³-hybridized carbons (Fsp3) is 0.538. The van der Waals surface area contributed by atoms with Crippen LogP contribution in [-0.4, -0.2) is 29.8 Å². The molecular formula is C13H19BrN2O3. The summed E-state index contributed by atoms with van der Waals surface area (Å²) in [7, 11) is 1.69. The van der Waals surface area contributed by atoms with Crippen molar-refractivity contribution in [2.75, 3.05) is 7.05 Å². The number of rotatable bonds is 5. The number of carbonyl (C=O) groups is 2. The first-order chi connectivity index (χ1) is 8.81. The molecule has 0 saturated heterocycles. The molecule has 0 aliphatic carbocycles. The lowest BCUT2D eigenvalue weighted by Crippen LogP contribution is -2.49. The summed E-state index contributed by atoms with van der Waals surface area (Å²) in [4.78, 5) is 25.0. The Hall–Kier alpha value is -1.30. The average Bonchev–Trinajstić information content (AvgIpc) is 2.70. The van der Waals surface area contributed by atoms with E-state index < -0.39 is 6.04 Å². The first-order valence-electron chi connectivity index (χ1n) is 6.07. The van der Waals surface area contributed by atoms with Crippen molar-refractivity contribution < 1.29 is 14.0 Å². The van der Waals surface area contributed by atoms with Crippen molar-refractivity contribution in [1.29, 1.82) is 0 Å². The summed E-state index contributed by atoms with van der Waals surface area (Å²) in [6.07, 6.45) is 0. The van der Waals surface area contributed by atoms with E-state index in [0.29, 0.717) is 17.0 Å². The Balaban J connectivity index is 2.70. The van der Waals surface area contributed by atoms with E-state index in [1.54, 1.807) is 24.1 Å². The molecule has 0 aliphatic heterocycles. The van der Waals surface area contributed by atoms with Crippen LogP contribution in [0.2, 0.25) is 0 Å². The Morgan fingerprint density at radius 2 is 2.05 bits per heavy atom. The van der Waals surface area contributed by atoms with Crippen LogP contribution in [-0.2, 0) is 16.1 Å². The van der Waals surface area contributed by atoms with Gasteiger partial charge in [0.2, 0.25) is 11.8 Å². The molecule has 0 saturated carbocycles. The van der Waals surface area contributed by atoms with Gasteiger partial charge in [0.15, 0.2) is 4.67 Å². The van der Waals surface area contributed by atoms with Gasteiger partial charge in [-0.1, -0.05) is 13.8 Å². The summed E-state index contributed by atoms with van der Waals surface area (Å²) in [5.74, 6) is 0.383. The quantitative estimate of drug-likeness (QED) is 0.899. The van der Waals surface area contributed by atoms with E-state index in [-0.39, 0.29) is 17.7 Å². The van der Waals surface area contributed by atoms with Crippen LogP contribution in [0, 0.1) is 5.92 Å². The number of furan rings is 1. The van der Waals surface area contributed by atoms with Gasteiger partial charge in [0.1, 0.15) is 11.8 Å². The molecule has 0 fully saturated rings. The highest BCUT2D eigenvalue weighted by Crippen LogP contribution is 2.16. The van der Waals surface area contributed by atoms with Crippen LogP contribution in [0.3, 0.4) is 0 Å². The van der Waals surface area contributed by atoms with Gasteiger partial charge in [-0.05, 0) is 34.0 Å². The number of carbonyl (C=O) groups excluding carboxylic acids is 2. The zero-order valence-corrected chi connectivity index (χ0v) is 13.2. The summed E-state index contributed by atoms with van der Waals surface area (Å²) in [5, 5.41) is 2.68. The second-order valence-corrected chi connectivity index (χ2v) is 5.60. The molecule has 5 nitrogen and oxygen atoms in total. The Labute approximate surface area is 121 Å². The summed E-state index contributed by atoms with van der Waals surface area (Å²) in [5.41, 5.74) is 0. The third-order valence-electron chi connectivity index (χ3n) is 2.69. The lowest BCUT2D eigenvalue weighted by Gasteiger charge is -2.26. The third kappa shape index (κ3) is 4.70. The molecule has 2 amide bonds. The largest absolute Gasteiger partial charge is 0.452 e. The molecule has 6 heteroatoms. The zero-order valence-electron chi connectivity index (χ0n) is 11.6. The van der Waals surface area contributed by atoms with Gasteiger partial charge in [-0.25, -0.2) is 0 Å². The minimum Gasteiger partial charge on any atom is -0.452 e. The molecule has 1 heterocycles. The van der Waals surface area contributed by atoms with Crippen molar-refractivity contribution in [2.24, 2.45) is 5.92 Å². The van der Waals surface area contributed by atoms with Gasteiger partial charge in [0.25, 0.3) is 0 Å². The number of amides is 2. The Kier molecular flexibility index (Phi) is 5.60. The normalized spacial score (nSPS) is 12.3. The summed E-state index contributed by atoms with van der Waals surface area (Å²) >= 11 is 3.22. The van der Waals surface area contributed by atoms with Crippen molar-refractivity contribution in [1.82, 2.24) is 10.2 Å². The highest BCUT2D eigenvalue weighted by Gasteiger charge is 2.26. The van der Waals surface area contributed by atoms with Gasteiger partial charge in [0.05, 0.1) is 6.54 Å². The zero-order chi connectivity index (χ0) is 14.6. The molecule has 0 bridgehead atoms. The molecule has 0 spiro atoms. The minimum atomic E-state index is -0.513. The fourth-order valence-electron chi connectivity index (χ4n) is 1.72. The standard InChI is InChI=1S/C13H19BrN2O3/c1-8(2)12(15-9(3)17)13(18)16(4)7-10-5-6-11(14)19-10/h5-6,8,12H,7H2,1-4H3,(H,15,17)/t12-/m0/s1. The van der Waals surface area contributed by atoms with E-state index in [0.717, 1.165) is 0 Å². The van der Waals surface area contributed by atoms with E-state index in [2.05, 4.69) is 21.2 Å². The number of nitrogens with one attached hydrogen (secondary N) is 1. The van der Waals surface area contributed by atoms with Crippen LogP contribution < -0.4 is 5.32 Å². The minimum absolute atomic E-state index is 0.0298. The van der Waals surface area contributed by atoms with Crippen molar-refractivity contribution in [3.05, 3.63) is 22.6 Å². The van der Waals surface area contributed by atoms with Crippen LogP contribution in [0.15, 0.2) is 21.2 Å². The summed E-state index contributed by atoms with van der Waals surface area (Å²) in [6.45, 7) is 5.57. The smallest absolute Gasteiger partial charge is 0.245 e. The fourth-order valence-corrected chi connectivity index (χ4v) is 2.06. The Morgan fingerprint density at radius 3 is 2.47 bits per heavy atom. The van der Waals surface area contributed by atoms with Crippen LogP contribution >= 0.6 is 15.9 Å². The van der Waals surface area contributed by atoms with E-state index in [9.17, 15) is 9.59 Å². The van der Waals surface area contributed by atoms with Gasteiger partial charge >= 0.3 is 0 Å². The number of hydrogen-bond acceptors (Lipinski definition) is 3. The third-order valence-corrected chi connectivity index (χ3v) is 3.12. The maximum absolute atomic E-state index is 12.3. The lowest BCUT2D eigenvalue weighted by atomic mass is 10.0. The second-order valence-electron chi connectivity index (χ2n) is 4.82. The molecule has 1 atom stereocenters. The van der Waals surface area contributed by atoms with Crippen molar-refractivity contribution in [2.45, 2.75) is 33.4 Å². The van der Waals surface area contributed by atoms with Crippen LogP contribution in [0.5, 0.6) is 0 Å². The number of likely N-dealkylation sites (N-methyl/N-ethyl adjacent to an activating group) is 1. The molecule has 106 valence electrons. The van der Waals surface area contributed by atoms with Gasteiger partial charge in [-0.2, -0.15) is 0 Å². The van der Waals surface area contributed by atoms with Gasteiger partial charge < -0.3 is 14.6 Å². The van der Waals surface area contributed by atoms with E-state index in [1.807, 2.05) is 13.8 Å². The van der Waals surface area contributed by atoms with E-state index >= 15 is 0 Å². The topological polar surface area (TPSA) is 62.6 Å². The van der Waals surface area contributed by atoms with Crippen LogP contribution in [0.1, 0.15) is 26.5 Å². The molecule has 0 aliphatic rings. The SMILES string of the molecule is CC(=O)N[C@H](C(=O)N(C)Cc1ccc(Br)o1)C(C)C. The first-order valence-corrected chi connectivity index (χ1v) is 6.87. The maximum atomic E-state index is 12.3. The molecular weight excluding hydrogens is 312 g/mol. The summed E-state index contributed by atoms with van der Waals surface area (Å²) in [6, 6.07) is 3.07. The molecule has 0 aromatic carbocycles. The molecule has 0 radical (unpaired) electrons. The van der Waals surface area contributed by atoms with Crippen molar-refractivity contribution in [3.8, 4) is 0 Å². The average molecular weight is 331 g/mol. The maximum Gasteiger partial charge on any atom is 0.245 e. The van der Waals surface area contributed by atoms with Crippen molar-refractivity contribution >= 4 is 27.7 Å². The van der Waals surface area contributed by atoms with Gasteiger partial charge in [0, 0.05) is 14.0 Å². The van der Waals surface area contributed by atoms with E-state index in [1.165, 1.54) is 6.92 Å². The molecule has 1 rings (SSSR count). The summed E-state index contributed by atoms with van der Waals surface area (Å²) < 4.78 is 5.99. The Bertz CT molecular complexity index is 456. The van der Waals surface area contributed by atoms with Gasteiger partial charge in [-0.3, -0.25) is 9.59 Å². The monoisotopic (exact) mass is 330 g/mol. The molecule has 19 heavy (non-hydrogen) atoms. The van der Waals surface area contributed by atoms with Crippen LogP contribution in [0.25, 0.3) is 0 Å². The molecule has 1 N–H and O–H groups in total. The highest BCUT2D eigenvalue weighted by atomic mass is 79.9. The second kappa shape index (κ2) is 6.75. The van der Waals surface area contributed by atoms with E-state index in [4.69, 9.17) is 4.42 Å². The van der Waals surface area contributed by atoms with Gasteiger partial charge in [-0.15, -0.1) is 0 Å². The molecule has 1 aromatic rings. The predicted octanol–water partition coefficient (Wildman–Crippen LogP) is 2.16. The number of halogens is 1. The molecule has 1 aromatic heterocycles. The Morgan fingerprint density at radius 1 is 1.42 bits per heavy atom. The number of hydrogen-bond donors (Lipinski definition) is 1. The van der Waals surface area contributed by atoms with Crippen molar-refractivity contribution in [3.63, 3.8) is 0 Å².